The van der Waals surface area contributed by atoms with Gasteiger partial charge in [-0.1, -0.05) is 31.0 Å². The Kier molecular flexibility index (Phi) is 4.33. The molecule has 5 heteroatoms. The number of fused-ring (bicyclic) bond motifs is 1. The second-order valence-electron chi connectivity index (χ2n) is 6.18. The molecule has 0 bridgehead atoms. The first-order chi connectivity index (χ1) is 10.1. The predicted octanol–water partition coefficient (Wildman–Crippen LogP) is 2.49. The summed E-state index contributed by atoms with van der Waals surface area (Å²) in [4.78, 5) is 0.402. The van der Waals surface area contributed by atoms with Crippen LogP contribution in [0.2, 0.25) is 0 Å². The maximum absolute atomic E-state index is 13.1. The van der Waals surface area contributed by atoms with Crippen molar-refractivity contribution in [2.75, 3.05) is 6.54 Å². The summed E-state index contributed by atoms with van der Waals surface area (Å²) in [7, 11) is -3.42. The Morgan fingerprint density at radius 1 is 1.10 bits per heavy atom. The third kappa shape index (κ3) is 2.74. The standard InChI is InChI=1S/C16H24N2O2S/c17-12-14-7-2-4-10-16(14)21(19,20)18-11-5-8-13-6-1-3-9-15(13)18/h2,4,7,10,13,15H,1,3,5-6,8-9,11-12,17H2. The van der Waals surface area contributed by atoms with Crippen molar-refractivity contribution in [2.45, 2.75) is 56.0 Å². The zero-order valence-electron chi connectivity index (χ0n) is 12.4. The zero-order chi connectivity index (χ0) is 14.9. The Hall–Kier alpha value is -0.910. The quantitative estimate of drug-likeness (QED) is 0.933. The molecule has 1 aromatic carbocycles. The molecule has 1 aliphatic carbocycles. The molecule has 1 aromatic rings. The highest BCUT2D eigenvalue weighted by atomic mass is 32.2. The van der Waals surface area contributed by atoms with E-state index >= 15 is 0 Å². The van der Waals surface area contributed by atoms with Gasteiger partial charge in [0.05, 0.1) is 4.90 Å². The number of piperidine rings is 1. The molecule has 116 valence electrons. The van der Waals surface area contributed by atoms with E-state index in [1.165, 1.54) is 19.3 Å². The van der Waals surface area contributed by atoms with Crippen LogP contribution in [0.3, 0.4) is 0 Å². The molecular formula is C16H24N2O2S. The maximum atomic E-state index is 13.1. The van der Waals surface area contributed by atoms with Gasteiger partial charge in [-0.25, -0.2) is 8.42 Å². The average molecular weight is 308 g/mol. The lowest BCUT2D eigenvalue weighted by molar-refractivity contribution is 0.129. The number of hydrogen-bond donors (Lipinski definition) is 1. The number of sulfonamides is 1. The molecule has 0 radical (unpaired) electrons. The van der Waals surface area contributed by atoms with Crippen LogP contribution < -0.4 is 5.73 Å². The van der Waals surface area contributed by atoms with Crippen molar-refractivity contribution in [3.05, 3.63) is 29.8 Å². The minimum atomic E-state index is -3.42. The molecule has 21 heavy (non-hydrogen) atoms. The normalized spacial score (nSPS) is 27.3. The van der Waals surface area contributed by atoms with Crippen molar-refractivity contribution in [1.82, 2.24) is 4.31 Å². The molecule has 0 aromatic heterocycles. The Balaban J connectivity index is 1.96. The molecule has 2 N–H and O–H groups in total. The summed E-state index contributed by atoms with van der Waals surface area (Å²) in [6.07, 6.45) is 6.73. The van der Waals surface area contributed by atoms with Gasteiger partial charge < -0.3 is 5.73 Å². The topological polar surface area (TPSA) is 63.4 Å². The van der Waals surface area contributed by atoms with Crippen LogP contribution in [0.4, 0.5) is 0 Å². The molecule has 0 amide bonds. The van der Waals surface area contributed by atoms with Crippen LogP contribution in [0, 0.1) is 5.92 Å². The molecule has 2 aliphatic rings. The highest BCUT2D eigenvalue weighted by Crippen LogP contribution is 2.38. The van der Waals surface area contributed by atoms with Crippen molar-refractivity contribution >= 4 is 10.0 Å². The van der Waals surface area contributed by atoms with Gasteiger partial charge in [0.2, 0.25) is 10.0 Å². The van der Waals surface area contributed by atoms with Crippen LogP contribution in [0.1, 0.15) is 44.1 Å². The third-order valence-electron chi connectivity index (χ3n) is 4.97. The van der Waals surface area contributed by atoms with Gasteiger partial charge in [-0.2, -0.15) is 4.31 Å². The molecule has 0 spiro atoms. The summed E-state index contributed by atoms with van der Waals surface area (Å²) in [6, 6.07) is 7.34. The fourth-order valence-corrected chi connectivity index (χ4v) is 5.92. The number of rotatable bonds is 3. The monoisotopic (exact) mass is 308 g/mol. The summed E-state index contributed by atoms with van der Waals surface area (Å²) in [5.41, 5.74) is 6.44. The molecule has 4 nitrogen and oxygen atoms in total. The van der Waals surface area contributed by atoms with Crippen molar-refractivity contribution in [1.29, 1.82) is 0 Å². The van der Waals surface area contributed by atoms with Crippen LogP contribution in [0.25, 0.3) is 0 Å². The number of nitrogens with zero attached hydrogens (tertiary/aromatic N) is 1. The smallest absolute Gasteiger partial charge is 0.243 e. The minimum absolute atomic E-state index is 0.198. The maximum Gasteiger partial charge on any atom is 0.243 e. The summed E-state index contributed by atoms with van der Waals surface area (Å²) in [5.74, 6) is 0.548. The SMILES string of the molecule is NCc1ccccc1S(=O)(=O)N1CCCC2CCCCC21. The van der Waals surface area contributed by atoms with Crippen LogP contribution in [-0.2, 0) is 16.6 Å². The summed E-state index contributed by atoms with van der Waals surface area (Å²) < 4.78 is 28.0. The highest BCUT2D eigenvalue weighted by Gasteiger charge is 2.40. The minimum Gasteiger partial charge on any atom is -0.326 e. The molecule has 1 heterocycles. The van der Waals surface area contributed by atoms with E-state index in [1.54, 1.807) is 16.4 Å². The van der Waals surface area contributed by atoms with Gasteiger partial charge in [-0.05, 0) is 43.2 Å². The van der Waals surface area contributed by atoms with Crippen LogP contribution in [0.5, 0.6) is 0 Å². The Bertz CT molecular complexity index is 598. The Morgan fingerprint density at radius 2 is 1.81 bits per heavy atom. The van der Waals surface area contributed by atoms with E-state index in [0.717, 1.165) is 24.8 Å². The summed E-state index contributed by atoms with van der Waals surface area (Å²) in [5, 5.41) is 0. The molecule has 2 fully saturated rings. The van der Waals surface area contributed by atoms with Crippen LogP contribution in [0.15, 0.2) is 29.2 Å². The fraction of sp³-hybridized carbons (Fsp3) is 0.625. The van der Waals surface area contributed by atoms with E-state index in [-0.39, 0.29) is 12.6 Å². The van der Waals surface area contributed by atoms with Crippen molar-refractivity contribution in [2.24, 2.45) is 11.7 Å². The van der Waals surface area contributed by atoms with E-state index in [0.29, 0.717) is 17.4 Å². The van der Waals surface area contributed by atoms with Gasteiger partial charge in [0, 0.05) is 19.1 Å². The van der Waals surface area contributed by atoms with Crippen molar-refractivity contribution in [3.8, 4) is 0 Å². The van der Waals surface area contributed by atoms with E-state index in [1.807, 2.05) is 12.1 Å². The largest absolute Gasteiger partial charge is 0.326 e. The second-order valence-corrected chi connectivity index (χ2v) is 8.04. The zero-order valence-corrected chi connectivity index (χ0v) is 13.2. The highest BCUT2D eigenvalue weighted by molar-refractivity contribution is 7.89. The van der Waals surface area contributed by atoms with Gasteiger partial charge in [-0.15, -0.1) is 0 Å². The number of nitrogens with two attached hydrogens (primary N) is 1. The lowest BCUT2D eigenvalue weighted by Crippen LogP contribution is -2.49. The van der Waals surface area contributed by atoms with E-state index in [2.05, 4.69) is 0 Å². The number of benzene rings is 1. The molecule has 1 saturated heterocycles. The molecule has 3 rings (SSSR count). The van der Waals surface area contributed by atoms with E-state index < -0.39 is 10.0 Å². The van der Waals surface area contributed by atoms with Gasteiger partial charge in [0.15, 0.2) is 0 Å². The molecule has 2 unspecified atom stereocenters. The van der Waals surface area contributed by atoms with E-state index in [9.17, 15) is 8.42 Å². The lowest BCUT2D eigenvalue weighted by atomic mass is 9.79. The number of hydrogen-bond acceptors (Lipinski definition) is 3. The molecule has 1 aliphatic heterocycles. The Labute approximate surface area is 127 Å². The third-order valence-corrected chi connectivity index (χ3v) is 7.00. The Morgan fingerprint density at radius 3 is 2.62 bits per heavy atom. The van der Waals surface area contributed by atoms with Crippen molar-refractivity contribution < 1.29 is 8.42 Å². The summed E-state index contributed by atoms with van der Waals surface area (Å²) >= 11 is 0. The average Bonchev–Trinajstić information content (AvgIpc) is 2.54. The fourth-order valence-electron chi connectivity index (χ4n) is 3.93. The molecule has 1 saturated carbocycles. The van der Waals surface area contributed by atoms with E-state index in [4.69, 9.17) is 5.73 Å². The summed E-state index contributed by atoms with van der Waals surface area (Å²) in [6.45, 7) is 0.916. The molecular weight excluding hydrogens is 284 g/mol. The first-order valence-corrected chi connectivity index (χ1v) is 9.38. The van der Waals surface area contributed by atoms with Gasteiger partial charge in [0.25, 0.3) is 0 Å². The van der Waals surface area contributed by atoms with Crippen LogP contribution >= 0.6 is 0 Å². The van der Waals surface area contributed by atoms with Gasteiger partial charge in [-0.3, -0.25) is 0 Å². The van der Waals surface area contributed by atoms with Gasteiger partial charge in [0.1, 0.15) is 0 Å². The molecule has 2 atom stereocenters. The first kappa shape index (κ1) is 15.0. The van der Waals surface area contributed by atoms with Gasteiger partial charge >= 0.3 is 0 Å². The second kappa shape index (κ2) is 6.07. The first-order valence-electron chi connectivity index (χ1n) is 7.94. The van der Waals surface area contributed by atoms with Crippen LogP contribution in [-0.4, -0.2) is 25.3 Å². The predicted molar refractivity (Wildman–Crippen MR) is 83.2 cm³/mol. The van der Waals surface area contributed by atoms with Crippen molar-refractivity contribution in [3.63, 3.8) is 0 Å². The lowest BCUT2D eigenvalue weighted by Gasteiger charge is -2.43.